The van der Waals surface area contributed by atoms with Crippen LogP contribution in [-0.4, -0.2) is 42.6 Å². The predicted octanol–water partition coefficient (Wildman–Crippen LogP) is 2.58. The molecule has 0 fully saturated rings. The highest BCUT2D eigenvalue weighted by Gasteiger charge is 2.14. The van der Waals surface area contributed by atoms with Gasteiger partial charge in [-0.2, -0.15) is 11.8 Å². The molecule has 0 rings (SSSR count). The van der Waals surface area contributed by atoms with Crippen LogP contribution < -0.4 is 5.73 Å². The van der Waals surface area contributed by atoms with Gasteiger partial charge in [0.05, 0.1) is 0 Å². The lowest BCUT2D eigenvalue weighted by Gasteiger charge is -2.30. The van der Waals surface area contributed by atoms with Gasteiger partial charge in [-0.3, -0.25) is 4.90 Å². The van der Waals surface area contributed by atoms with E-state index < -0.39 is 0 Å². The molecule has 1 unspecified atom stereocenters. The zero-order chi connectivity index (χ0) is 11.5. The van der Waals surface area contributed by atoms with Crippen molar-refractivity contribution in [2.24, 2.45) is 5.73 Å². The molecule has 2 nitrogen and oxygen atoms in total. The molecule has 0 aromatic carbocycles. The highest BCUT2D eigenvalue weighted by molar-refractivity contribution is 7.98. The van der Waals surface area contributed by atoms with E-state index in [0.717, 1.165) is 6.54 Å². The molecule has 0 amide bonds. The van der Waals surface area contributed by atoms with Crippen molar-refractivity contribution in [3.05, 3.63) is 0 Å². The number of hydrogen-bond acceptors (Lipinski definition) is 3. The van der Waals surface area contributed by atoms with Crippen LogP contribution in [-0.2, 0) is 0 Å². The van der Waals surface area contributed by atoms with Crippen LogP contribution >= 0.6 is 11.8 Å². The van der Waals surface area contributed by atoms with Crippen molar-refractivity contribution in [1.82, 2.24) is 4.90 Å². The van der Waals surface area contributed by atoms with Gasteiger partial charge in [0.1, 0.15) is 0 Å². The lowest BCUT2D eigenvalue weighted by molar-refractivity contribution is 0.190. The number of nitrogens with zero attached hydrogens (tertiary/aromatic N) is 1. The summed E-state index contributed by atoms with van der Waals surface area (Å²) >= 11 is 1.93. The Labute approximate surface area is 100.0 Å². The van der Waals surface area contributed by atoms with E-state index in [4.69, 9.17) is 5.73 Å². The van der Waals surface area contributed by atoms with Gasteiger partial charge < -0.3 is 5.73 Å². The van der Waals surface area contributed by atoms with E-state index in [2.05, 4.69) is 25.0 Å². The number of nitrogens with two attached hydrogens (primary N) is 1. The van der Waals surface area contributed by atoms with Gasteiger partial charge in [-0.05, 0) is 50.8 Å². The fourth-order valence-corrected chi connectivity index (χ4v) is 2.42. The summed E-state index contributed by atoms with van der Waals surface area (Å²) in [6.45, 7) is 7.72. The molecule has 0 aliphatic rings. The van der Waals surface area contributed by atoms with E-state index in [9.17, 15) is 0 Å². The molecule has 0 spiro atoms. The Balaban J connectivity index is 3.93. The maximum atomic E-state index is 5.87. The van der Waals surface area contributed by atoms with Crippen LogP contribution in [0.25, 0.3) is 0 Å². The van der Waals surface area contributed by atoms with Gasteiger partial charge in [-0.1, -0.05) is 13.8 Å². The van der Waals surface area contributed by atoms with Crippen molar-refractivity contribution in [2.45, 2.75) is 45.6 Å². The molecule has 2 N–H and O–H groups in total. The van der Waals surface area contributed by atoms with E-state index in [1.807, 2.05) is 11.8 Å². The minimum absolute atomic E-state index is 0.608. The quantitative estimate of drug-likeness (QED) is 0.587. The lowest BCUT2D eigenvalue weighted by atomic mass is 10.1. The summed E-state index contributed by atoms with van der Waals surface area (Å²) in [7, 11) is 0. The molecule has 3 heteroatoms. The third-order valence-corrected chi connectivity index (χ3v) is 3.39. The van der Waals surface area contributed by atoms with E-state index >= 15 is 0 Å². The van der Waals surface area contributed by atoms with Gasteiger partial charge in [0.25, 0.3) is 0 Å². The van der Waals surface area contributed by atoms with Gasteiger partial charge in [-0.25, -0.2) is 0 Å². The molecule has 0 heterocycles. The van der Waals surface area contributed by atoms with Crippen molar-refractivity contribution in [2.75, 3.05) is 31.6 Å². The smallest absolute Gasteiger partial charge is 0.0218 e. The topological polar surface area (TPSA) is 29.3 Å². The fourth-order valence-electron chi connectivity index (χ4n) is 1.96. The molecular formula is C12H28N2S. The van der Waals surface area contributed by atoms with E-state index in [-0.39, 0.29) is 0 Å². The largest absolute Gasteiger partial charge is 0.329 e. The highest BCUT2D eigenvalue weighted by atomic mass is 32.2. The van der Waals surface area contributed by atoms with Crippen molar-refractivity contribution < 1.29 is 0 Å². The van der Waals surface area contributed by atoms with Crippen LogP contribution in [0.1, 0.15) is 39.5 Å². The second-order valence-corrected chi connectivity index (χ2v) is 5.05. The summed E-state index contributed by atoms with van der Waals surface area (Å²) in [6, 6.07) is 0.608. The second-order valence-electron chi connectivity index (χ2n) is 4.06. The summed E-state index contributed by atoms with van der Waals surface area (Å²) < 4.78 is 0. The maximum absolute atomic E-state index is 5.87. The minimum Gasteiger partial charge on any atom is -0.329 e. The van der Waals surface area contributed by atoms with Crippen LogP contribution in [0.2, 0.25) is 0 Å². The van der Waals surface area contributed by atoms with E-state index in [1.54, 1.807) is 0 Å². The summed E-state index contributed by atoms with van der Waals surface area (Å²) in [5, 5.41) is 0. The SMILES string of the molecule is CCCN(CCC)C(CN)CCCSC. The van der Waals surface area contributed by atoms with Gasteiger partial charge in [-0.15, -0.1) is 0 Å². The normalized spacial score (nSPS) is 13.4. The fraction of sp³-hybridized carbons (Fsp3) is 1.00. The third kappa shape index (κ3) is 7.20. The second kappa shape index (κ2) is 10.8. The number of rotatable bonds is 10. The Kier molecular flexibility index (Phi) is 11.0. The summed E-state index contributed by atoms with van der Waals surface area (Å²) in [6.07, 6.45) is 7.20. The average Bonchev–Trinajstić information content (AvgIpc) is 2.24. The average molecular weight is 232 g/mol. The van der Waals surface area contributed by atoms with Crippen molar-refractivity contribution in [1.29, 1.82) is 0 Å². The standard InChI is InChI=1S/C12H28N2S/c1-4-8-14(9-5-2)12(11-13)7-6-10-15-3/h12H,4-11,13H2,1-3H3. The monoisotopic (exact) mass is 232 g/mol. The van der Waals surface area contributed by atoms with Crippen LogP contribution in [0, 0.1) is 0 Å². The van der Waals surface area contributed by atoms with Crippen molar-refractivity contribution in [3.63, 3.8) is 0 Å². The third-order valence-electron chi connectivity index (χ3n) is 2.70. The molecule has 0 saturated carbocycles. The van der Waals surface area contributed by atoms with Crippen LogP contribution in [0.3, 0.4) is 0 Å². The molecule has 15 heavy (non-hydrogen) atoms. The first-order valence-electron chi connectivity index (χ1n) is 6.23. The first-order chi connectivity index (χ1) is 7.29. The van der Waals surface area contributed by atoms with Gasteiger partial charge >= 0.3 is 0 Å². The summed E-state index contributed by atoms with van der Waals surface area (Å²) in [5.74, 6) is 1.27. The Morgan fingerprint density at radius 3 is 2.20 bits per heavy atom. The summed E-state index contributed by atoms with van der Waals surface area (Å²) in [5.41, 5.74) is 5.87. The van der Waals surface area contributed by atoms with Crippen LogP contribution in [0.15, 0.2) is 0 Å². The highest BCUT2D eigenvalue weighted by Crippen LogP contribution is 2.10. The molecule has 0 aromatic rings. The molecule has 0 bridgehead atoms. The van der Waals surface area contributed by atoms with Gasteiger partial charge in [0.15, 0.2) is 0 Å². The van der Waals surface area contributed by atoms with Crippen molar-refractivity contribution >= 4 is 11.8 Å². The summed E-state index contributed by atoms with van der Waals surface area (Å²) in [4.78, 5) is 2.57. The molecule has 92 valence electrons. The lowest BCUT2D eigenvalue weighted by Crippen LogP contribution is -2.41. The van der Waals surface area contributed by atoms with Crippen molar-refractivity contribution in [3.8, 4) is 0 Å². The van der Waals surface area contributed by atoms with E-state index in [1.165, 1.54) is 44.5 Å². The van der Waals surface area contributed by atoms with Gasteiger partial charge in [0.2, 0.25) is 0 Å². The van der Waals surface area contributed by atoms with Crippen LogP contribution in [0.5, 0.6) is 0 Å². The number of hydrogen-bond donors (Lipinski definition) is 1. The van der Waals surface area contributed by atoms with Gasteiger partial charge in [0, 0.05) is 12.6 Å². The molecule has 0 saturated heterocycles. The molecule has 0 aromatic heterocycles. The zero-order valence-corrected chi connectivity index (χ0v) is 11.5. The van der Waals surface area contributed by atoms with E-state index in [0.29, 0.717) is 6.04 Å². The maximum Gasteiger partial charge on any atom is 0.0218 e. The molecule has 0 aliphatic carbocycles. The Bertz CT molecular complexity index is 125. The van der Waals surface area contributed by atoms with Crippen LogP contribution in [0.4, 0.5) is 0 Å². The Morgan fingerprint density at radius 1 is 1.20 bits per heavy atom. The molecular weight excluding hydrogens is 204 g/mol. The number of thioether (sulfide) groups is 1. The zero-order valence-electron chi connectivity index (χ0n) is 10.7. The Hall–Kier alpha value is 0.270. The first-order valence-corrected chi connectivity index (χ1v) is 7.62. The molecule has 0 radical (unpaired) electrons. The predicted molar refractivity (Wildman–Crippen MR) is 72.6 cm³/mol. The first kappa shape index (κ1) is 15.3. The molecule has 1 atom stereocenters. The molecule has 0 aliphatic heterocycles. The Morgan fingerprint density at radius 2 is 1.80 bits per heavy atom. The minimum atomic E-state index is 0.608.